The summed E-state index contributed by atoms with van der Waals surface area (Å²) in [6.45, 7) is 0.252. The van der Waals surface area contributed by atoms with E-state index in [9.17, 15) is 19.8 Å². The van der Waals surface area contributed by atoms with Crippen molar-refractivity contribution >= 4 is 11.9 Å². The molecule has 1 aromatic heterocycles. The van der Waals surface area contributed by atoms with Gasteiger partial charge in [0.05, 0.1) is 6.10 Å². The molecule has 2 aliphatic carbocycles. The van der Waals surface area contributed by atoms with E-state index >= 15 is 0 Å². The molecule has 7 heteroatoms. The number of pyridine rings is 1. The number of fused-ring (bicyclic) bond motifs is 1. The van der Waals surface area contributed by atoms with Crippen LogP contribution in [0.1, 0.15) is 67.1 Å². The fraction of sp³-hybridized carbons (Fsp3) is 0.519. The van der Waals surface area contributed by atoms with Gasteiger partial charge in [0.15, 0.2) is 6.10 Å². The first-order valence-corrected chi connectivity index (χ1v) is 12.3. The van der Waals surface area contributed by atoms with Gasteiger partial charge in [0.25, 0.3) is 5.91 Å². The van der Waals surface area contributed by atoms with Crippen molar-refractivity contribution in [1.29, 1.82) is 0 Å². The van der Waals surface area contributed by atoms with E-state index in [-0.39, 0.29) is 19.1 Å². The molecule has 2 aliphatic rings. The third kappa shape index (κ3) is 6.42. The highest BCUT2D eigenvalue weighted by Crippen LogP contribution is 2.34. The lowest BCUT2D eigenvalue weighted by Gasteiger charge is -2.35. The van der Waals surface area contributed by atoms with E-state index in [1.807, 2.05) is 0 Å². The highest BCUT2D eigenvalue weighted by Gasteiger charge is 2.30. The number of aromatic nitrogens is 1. The van der Waals surface area contributed by atoms with Gasteiger partial charge in [-0.15, -0.1) is 0 Å². The van der Waals surface area contributed by atoms with E-state index in [0.717, 1.165) is 38.5 Å². The van der Waals surface area contributed by atoms with Crippen LogP contribution in [-0.2, 0) is 33.6 Å². The van der Waals surface area contributed by atoms with Crippen molar-refractivity contribution in [3.8, 4) is 0 Å². The van der Waals surface area contributed by atoms with Crippen molar-refractivity contribution in [3.63, 3.8) is 0 Å². The van der Waals surface area contributed by atoms with E-state index in [1.165, 1.54) is 29.8 Å². The number of carbonyl (C=O) groups excluding carboxylic acids is 1. The van der Waals surface area contributed by atoms with Crippen LogP contribution >= 0.6 is 0 Å². The summed E-state index contributed by atoms with van der Waals surface area (Å²) < 4.78 is 5.85. The normalized spacial score (nSPS) is 21.1. The molecule has 2 unspecified atom stereocenters. The average Bonchev–Trinajstić information content (AvgIpc) is 2.83. The topological polar surface area (TPSA) is 109 Å². The molecule has 2 atom stereocenters. The monoisotopic (exact) mass is 466 g/mol. The number of aryl methyl sites for hydroxylation is 3. The van der Waals surface area contributed by atoms with Gasteiger partial charge in [-0.25, -0.2) is 4.79 Å². The molecule has 1 heterocycles. The number of benzene rings is 1. The van der Waals surface area contributed by atoms with Gasteiger partial charge in [0, 0.05) is 24.4 Å². The SMILES string of the molecule is O=C(O)C(CCOC1CC(CCc2ccc3c(n2)CCCC3)C1)NC(=O)C(O)c1ccccc1. The lowest BCUT2D eigenvalue weighted by molar-refractivity contribution is -0.144. The van der Waals surface area contributed by atoms with Crippen LogP contribution in [0.2, 0.25) is 0 Å². The molecule has 0 spiro atoms. The summed E-state index contributed by atoms with van der Waals surface area (Å²) in [6, 6.07) is 11.8. The summed E-state index contributed by atoms with van der Waals surface area (Å²) in [6.07, 6.45) is 7.70. The van der Waals surface area contributed by atoms with Crippen LogP contribution in [0.15, 0.2) is 42.5 Å². The molecule has 4 rings (SSSR count). The molecule has 34 heavy (non-hydrogen) atoms. The summed E-state index contributed by atoms with van der Waals surface area (Å²) in [5, 5.41) is 22.0. The Hall–Kier alpha value is -2.77. The fourth-order valence-electron chi connectivity index (χ4n) is 4.81. The molecule has 1 aromatic carbocycles. The van der Waals surface area contributed by atoms with Crippen LogP contribution in [0, 0.1) is 5.92 Å². The summed E-state index contributed by atoms with van der Waals surface area (Å²) in [5.74, 6) is -1.25. The molecular weight excluding hydrogens is 432 g/mol. The molecule has 1 saturated carbocycles. The summed E-state index contributed by atoms with van der Waals surface area (Å²) in [7, 11) is 0. The lowest BCUT2D eigenvalue weighted by atomic mass is 9.79. The van der Waals surface area contributed by atoms with Gasteiger partial charge < -0.3 is 20.3 Å². The van der Waals surface area contributed by atoms with Gasteiger partial charge in [0.1, 0.15) is 6.04 Å². The van der Waals surface area contributed by atoms with Crippen molar-refractivity contribution in [2.45, 2.75) is 76.0 Å². The van der Waals surface area contributed by atoms with Crippen LogP contribution in [-0.4, -0.2) is 45.8 Å². The smallest absolute Gasteiger partial charge is 0.326 e. The molecule has 2 aromatic rings. The van der Waals surface area contributed by atoms with Crippen LogP contribution in [0.3, 0.4) is 0 Å². The maximum absolute atomic E-state index is 12.3. The van der Waals surface area contributed by atoms with Gasteiger partial charge in [-0.1, -0.05) is 36.4 Å². The Bertz CT molecular complexity index is 974. The number of aliphatic hydroxyl groups is 1. The second-order valence-electron chi connectivity index (χ2n) is 9.49. The number of amides is 1. The first kappa shape index (κ1) is 24.4. The maximum Gasteiger partial charge on any atom is 0.326 e. The van der Waals surface area contributed by atoms with Crippen LogP contribution in [0.25, 0.3) is 0 Å². The minimum atomic E-state index is -1.40. The highest BCUT2D eigenvalue weighted by molar-refractivity contribution is 5.86. The predicted octanol–water partition coefficient (Wildman–Crippen LogP) is 3.38. The molecule has 0 saturated heterocycles. The van der Waals surface area contributed by atoms with Gasteiger partial charge in [-0.3, -0.25) is 9.78 Å². The Morgan fingerprint density at radius 1 is 1.09 bits per heavy atom. The molecule has 1 amide bonds. The number of rotatable bonds is 11. The molecule has 0 bridgehead atoms. The van der Waals surface area contributed by atoms with E-state index in [2.05, 4.69) is 17.4 Å². The lowest BCUT2D eigenvalue weighted by Crippen LogP contribution is -2.44. The predicted molar refractivity (Wildman–Crippen MR) is 127 cm³/mol. The molecule has 182 valence electrons. The molecule has 0 aliphatic heterocycles. The Labute approximate surface area is 200 Å². The summed E-state index contributed by atoms with van der Waals surface area (Å²) in [4.78, 5) is 28.7. The number of ether oxygens (including phenoxy) is 1. The number of aliphatic hydroxyl groups excluding tert-OH is 1. The van der Waals surface area contributed by atoms with Gasteiger partial charge in [0.2, 0.25) is 0 Å². The number of hydrogen-bond donors (Lipinski definition) is 3. The van der Waals surface area contributed by atoms with Gasteiger partial charge >= 0.3 is 5.97 Å². The largest absolute Gasteiger partial charge is 0.480 e. The Kier molecular flexibility index (Phi) is 8.29. The van der Waals surface area contributed by atoms with Crippen LogP contribution < -0.4 is 5.32 Å². The van der Waals surface area contributed by atoms with Crippen molar-refractivity contribution < 1.29 is 24.5 Å². The van der Waals surface area contributed by atoms with Crippen molar-refractivity contribution in [2.24, 2.45) is 5.92 Å². The second-order valence-corrected chi connectivity index (χ2v) is 9.49. The third-order valence-electron chi connectivity index (χ3n) is 6.98. The number of nitrogens with zero attached hydrogens (tertiary/aromatic N) is 1. The summed E-state index contributed by atoms with van der Waals surface area (Å²) >= 11 is 0. The molecular formula is C27H34N2O5. The van der Waals surface area contributed by atoms with Crippen LogP contribution in [0.4, 0.5) is 0 Å². The Morgan fingerprint density at radius 3 is 2.62 bits per heavy atom. The molecule has 3 N–H and O–H groups in total. The minimum Gasteiger partial charge on any atom is -0.480 e. The zero-order chi connectivity index (χ0) is 23.9. The molecule has 0 radical (unpaired) electrons. The number of carboxylic acids is 1. The number of aliphatic carboxylic acids is 1. The van der Waals surface area contributed by atoms with Crippen molar-refractivity contribution in [1.82, 2.24) is 10.3 Å². The third-order valence-corrected chi connectivity index (χ3v) is 6.98. The van der Waals surface area contributed by atoms with Crippen molar-refractivity contribution in [2.75, 3.05) is 6.61 Å². The number of carbonyl (C=O) groups is 2. The zero-order valence-electron chi connectivity index (χ0n) is 19.5. The first-order chi connectivity index (χ1) is 16.5. The highest BCUT2D eigenvalue weighted by atomic mass is 16.5. The minimum absolute atomic E-state index is 0.140. The quantitative estimate of drug-likeness (QED) is 0.469. The number of nitrogens with one attached hydrogen (secondary N) is 1. The van der Waals surface area contributed by atoms with Crippen LogP contribution in [0.5, 0.6) is 0 Å². The Balaban J connectivity index is 1.14. The van der Waals surface area contributed by atoms with Crippen molar-refractivity contribution in [3.05, 3.63) is 65.0 Å². The standard InChI is InChI=1S/C27H34N2O5/c30-25(20-7-2-1-3-8-20)26(31)29-24(27(32)33)14-15-34-22-16-18(17-22)10-12-21-13-11-19-6-4-5-9-23(19)28-21/h1-3,7-8,11,13,18,22,24-25,30H,4-6,9-10,12,14-17H2,(H,29,31)(H,32,33). The fourth-order valence-corrected chi connectivity index (χ4v) is 4.81. The number of hydrogen-bond acceptors (Lipinski definition) is 5. The molecule has 7 nitrogen and oxygen atoms in total. The maximum atomic E-state index is 12.3. The van der Waals surface area contributed by atoms with E-state index < -0.39 is 24.0 Å². The average molecular weight is 467 g/mol. The van der Waals surface area contributed by atoms with E-state index in [0.29, 0.717) is 11.5 Å². The Morgan fingerprint density at radius 2 is 1.85 bits per heavy atom. The first-order valence-electron chi connectivity index (χ1n) is 12.3. The summed E-state index contributed by atoms with van der Waals surface area (Å²) in [5.41, 5.74) is 4.31. The molecule has 1 fully saturated rings. The number of carboxylic acid groups (broad SMARTS) is 1. The second kappa shape index (κ2) is 11.6. The van der Waals surface area contributed by atoms with E-state index in [1.54, 1.807) is 30.3 Å². The van der Waals surface area contributed by atoms with E-state index in [4.69, 9.17) is 9.72 Å². The van der Waals surface area contributed by atoms with Gasteiger partial charge in [-0.05, 0) is 74.5 Å². The van der Waals surface area contributed by atoms with Gasteiger partial charge in [-0.2, -0.15) is 0 Å². The zero-order valence-corrected chi connectivity index (χ0v) is 19.5.